The number of H-pyrrole nitrogens is 1. The molecule has 2 aromatic rings. The molecule has 0 bridgehead atoms. The van der Waals surface area contributed by atoms with E-state index >= 15 is 0 Å². The van der Waals surface area contributed by atoms with Crippen LogP contribution in [0.2, 0.25) is 0 Å². The number of nitrogens with one attached hydrogen (secondary N) is 1. The number of pyridine rings is 1. The van der Waals surface area contributed by atoms with Crippen LogP contribution >= 0.6 is 0 Å². The minimum absolute atomic E-state index is 0.0504. The molecule has 0 saturated heterocycles. The zero-order chi connectivity index (χ0) is 20.1. The molecule has 28 heavy (non-hydrogen) atoms. The van der Waals surface area contributed by atoms with Gasteiger partial charge in [-0.05, 0) is 92.0 Å². The van der Waals surface area contributed by atoms with E-state index in [1.54, 1.807) is 6.20 Å². The highest BCUT2D eigenvalue weighted by atomic mass is 16.5. The van der Waals surface area contributed by atoms with Gasteiger partial charge in [-0.1, -0.05) is 27.2 Å². The Morgan fingerprint density at radius 2 is 2.00 bits per heavy atom. The lowest BCUT2D eigenvalue weighted by Crippen LogP contribution is -2.39. The standard InChI is InChI=1S/C24H36N2O2/c1-4-24(19(9-13-25)15-17(2)3)11-7-20(8-12-24)28-21-5-6-22-18(16-21)10-14-26-23(22)27/h5-6,10,14,16-17,19-20H,4,7-9,11-13,15,25H2,1-3H3,(H,26,27). The lowest BCUT2D eigenvalue weighted by Gasteiger charge is -2.46. The number of fused-ring (bicyclic) bond motifs is 1. The fourth-order valence-electron chi connectivity index (χ4n) is 5.21. The van der Waals surface area contributed by atoms with Crippen LogP contribution in [0.3, 0.4) is 0 Å². The topological polar surface area (TPSA) is 68.1 Å². The quantitative estimate of drug-likeness (QED) is 0.652. The Morgan fingerprint density at radius 3 is 2.64 bits per heavy atom. The van der Waals surface area contributed by atoms with Crippen molar-refractivity contribution in [1.29, 1.82) is 0 Å². The summed E-state index contributed by atoms with van der Waals surface area (Å²) >= 11 is 0. The molecule has 3 rings (SSSR count). The van der Waals surface area contributed by atoms with Gasteiger partial charge in [0.2, 0.25) is 0 Å². The molecule has 1 atom stereocenters. The monoisotopic (exact) mass is 384 g/mol. The van der Waals surface area contributed by atoms with Crippen LogP contribution in [0.5, 0.6) is 5.75 Å². The van der Waals surface area contributed by atoms with Crippen LogP contribution in [0.4, 0.5) is 0 Å². The second-order valence-electron chi connectivity index (χ2n) is 8.99. The largest absolute Gasteiger partial charge is 0.490 e. The lowest BCUT2D eigenvalue weighted by atomic mass is 9.61. The van der Waals surface area contributed by atoms with Gasteiger partial charge in [-0.2, -0.15) is 0 Å². The van der Waals surface area contributed by atoms with Crippen LogP contribution in [-0.2, 0) is 0 Å². The van der Waals surface area contributed by atoms with E-state index in [-0.39, 0.29) is 11.7 Å². The Kier molecular flexibility index (Phi) is 6.82. The molecule has 1 aliphatic rings. The fourth-order valence-corrected chi connectivity index (χ4v) is 5.21. The second kappa shape index (κ2) is 9.13. The van der Waals surface area contributed by atoms with E-state index < -0.39 is 0 Å². The summed E-state index contributed by atoms with van der Waals surface area (Å²) in [4.78, 5) is 14.6. The van der Waals surface area contributed by atoms with Crippen molar-refractivity contribution in [3.8, 4) is 5.75 Å². The van der Waals surface area contributed by atoms with Crippen LogP contribution in [-0.4, -0.2) is 17.6 Å². The van der Waals surface area contributed by atoms with Crippen molar-refractivity contribution in [3.05, 3.63) is 40.8 Å². The number of hydrogen-bond donors (Lipinski definition) is 2. The first-order chi connectivity index (χ1) is 13.5. The molecule has 3 N–H and O–H groups in total. The molecule has 0 radical (unpaired) electrons. The summed E-state index contributed by atoms with van der Waals surface area (Å²) in [5.74, 6) is 2.30. The number of hydrogen-bond acceptors (Lipinski definition) is 3. The molecule has 154 valence electrons. The predicted molar refractivity (Wildman–Crippen MR) is 117 cm³/mol. The summed E-state index contributed by atoms with van der Waals surface area (Å²) in [6.07, 6.45) is 10.2. The number of aromatic nitrogens is 1. The molecule has 0 aliphatic heterocycles. The van der Waals surface area contributed by atoms with E-state index in [0.29, 0.717) is 10.8 Å². The summed E-state index contributed by atoms with van der Waals surface area (Å²) in [7, 11) is 0. The molecule has 1 aromatic heterocycles. The van der Waals surface area contributed by atoms with Crippen molar-refractivity contribution in [2.75, 3.05) is 6.54 Å². The van der Waals surface area contributed by atoms with Crippen molar-refractivity contribution < 1.29 is 4.74 Å². The summed E-state index contributed by atoms with van der Waals surface area (Å²) in [5.41, 5.74) is 6.33. The molecule has 4 heteroatoms. The van der Waals surface area contributed by atoms with Gasteiger partial charge < -0.3 is 15.5 Å². The molecule has 4 nitrogen and oxygen atoms in total. The molecule has 1 fully saturated rings. The van der Waals surface area contributed by atoms with Crippen molar-refractivity contribution in [3.63, 3.8) is 0 Å². The minimum Gasteiger partial charge on any atom is -0.490 e. The highest BCUT2D eigenvalue weighted by Crippen LogP contribution is 2.49. The van der Waals surface area contributed by atoms with Crippen molar-refractivity contribution in [2.24, 2.45) is 23.0 Å². The minimum atomic E-state index is -0.0504. The summed E-state index contributed by atoms with van der Waals surface area (Å²) in [5, 5.41) is 1.64. The van der Waals surface area contributed by atoms with E-state index in [2.05, 4.69) is 25.8 Å². The van der Waals surface area contributed by atoms with E-state index in [9.17, 15) is 4.79 Å². The first kappa shape index (κ1) is 20.9. The number of benzene rings is 1. The fraction of sp³-hybridized carbons (Fsp3) is 0.625. The van der Waals surface area contributed by atoms with Crippen LogP contribution in [0, 0.1) is 17.3 Å². The van der Waals surface area contributed by atoms with E-state index in [1.807, 2.05) is 24.3 Å². The van der Waals surface area contributed by atoms with Gasteiger partial charge in [0.25, 0.3) is 5.56 Å². The normalized spacial score (nSPS) is 23.8. The molecular weight excluding hydrogens is 348 g/mol. The van der Waals surface area contributed by atoms with Gasteiger partial charge in [0.1, 0.15) is 5.75 Å². The number of aromatic amines is 1. The second-order valence-corrected chi connectivity index (χ2v) is 8.99. The van der Waals surface area contributed by atoms with Gasteiger partial charge in [0.15, 0.2) is 0 Å². The maximum Gasteiger partial charge on any atom is 0.255 e. The Labute approximate surface area is 168 Å². The van der Waals surface area contributed by atoms with Gasteiger partial charge in [-0.3, -0.25) is 4.79 Å². The Hall–Kier alpha value is -1.81. The molecule has 0 spiro atoms. The lowest BCUT2D eigenvalue weighted by molar-refractivity contribution is 0.0212. The number of ether oxygens (including phenoxy) is 1. The third-order valence-electron chi connectivity index (χ3n) is 6.82. The zero-order valence-corrected chi connectivity index (χ0v) is 17.7. The van der Waals surface area contributed by atoms with Crippen LogP contribution in [0.25, 0.3) is 10.8 Å². The predicted octanol–water partition coefficient (Wildman–Crippen LogP) is 5.26. The first-order valence-electron chi connectivity index (χ1n) is 11.0. The third-order valence-corrected chi connectivity index (χ3v) is 6.82. The molecule has 1 saturated carbocycles. The number of rotatable bonds is 8. The van der Waals surface area contributed by atoms with E-state index in [1.165, 1.54) is 25.7 Å². The molecule has 1 unspecified atom stereocenters. The molecule has 1 aromatic carbocycles. The van der Waals surface area contributed by atoms with Crippen LogP contribution in [0.1, 0.15) is 65.7 Å². The van der Waals surface area contributed by atoms with Gasteiger partial charge in [0, 0.05) is 11.6 Å². The molecule has 1 aliphatic carbocycles. The zero-order valence-electron chi connectivity index (χ0n) is 17.7. The number of nitrogens with two attached hydrogens (primary N) is 1. The summed E-state index contributed by atoms with van der Waals surface area (Å²) in [6, 6.07) is 7.70. The van der Waals surface area contributed by atoms with E-state index in [0.717, 1.165) is 48.8 Å². The van der Waals surface area contributed by atoms with E-state index in [4.69, 9.17) is 10.5 Å². The highest BCUT2D eigenvalue weighted by molar-refractivity contribution is 5.82. The Bertz CT molecular complexity index is 819. The maximum absolute atomic E-state index is 11.9. The molecular formula is C24H36N2O2. The average molecular weight is 385 g/mol. The van der Waals surface area contributed by atoms with Crippen molar-refractivity contribution >= 4 is 10.8 Å². The molecule has 1 heterocycles. The van der Waals surface area contributed by atoms with Crippen LogP contribution < -0.4 is 16.0 Å². The Morgan fingerprint density at radius 1 is 1.25 bits per heavy atom. The SMILES string of the molecule is CCC1(C(CCN)CC(C)C)CCC(Oc2ccc3c(=O)[nH]ccc3c2)CC1. The molecule has 0 amide bonds. The highest BCUT2D eigenvalue weighted by Gasteiger charge is 2.40. The van der Waals surface area contributed by atoms with Gasteiger partial charge >= 0.3 is 0 Å². The van der Waals surface area contributed by atoms with Gasteiger partial charge in [-0.25, -0.2) is 0 Å². The smallest absolute Gasteiger partial charge is 0.255 e. The third kappa shape index (κ3) is 4.60. The van der Waals surface area contributed by atoms with Crippen molar-refractivity contribution in [2.45, 2.75) is 71.8 Å². The van der Waals surface area contributed by atoms with Gasteiger partial charge in [-0.15, -0.1) is 0 Å². The van der Waals surface area contributed by atoms with Crippen LogP contribution in [0.15, 0.2) is 35.3 Å². The Balaban J connectivity index is 1.67. The summed E-state index contributed by atoms with van der Waals surface area (Å²) in [6.45, 7) is 7.79. The summed E-state index contributed by atoms with van der Waals surface area (Å²) < 4.78 is 6.32. The first-order valence-corrected chi connectivity index (χ1v) is 11.0. The maximum atomic E-state index is 11.9. The van der Waals surface area contributed by atoms with Crippen molar-refractivity contribution in [1.82, 2.24) is 4.98 Å². The van der Waals surface area contributed by atoms with Gasteiger partial charge in [0.05, 0.1) is 6.10 Å². The average Bonchev–Trinajstić information content (AvgIpc) is 2.68.